The van der Waals surface area contributed by atoms with E-state index in [1.165, 1.54) is 20.4 Å². The molecule has 0 N–H and O–H groups in total. The van der Waals surface area contributed by atoms with Gasteiger partial charge in [-0.1, -0.05) is 0 Å². The first-order valence-electron chi connectivity index (χ1n) is 6.45. The van der Waals surface area contributed by atoms with Crippen molar-refractivity contribution < 1.29 is 22.9 Å². The Morgan fingerprint density at radius 1 is 1.19 bits per heavy atom. The summed E-state index contributed by atoms with van der Waals surface area (Å²) < 4.78 is 34.4. The average molecular weight is 320 g/mol. The Labute approximate surface area is 123 Å². The first kappa shape index (κ1) is 17.7. The van der Waals surface area contributed by atoms with E-state index in [1.54, 1.807) is 27.7 Å². The molecular weight excluding hydrogens is 299 g/mol. The summed E-state index contributed by atoms with van der Waals surface area (Å²) in [4.78, 5) is 11.9. The Bertz CT molecular complexity index is 570. The van der Waals surface area contributed by atoms with Crippen molar-refractivity contribution in [3.05, 3.63) is 16.6 Å². The number of methoxy groups -OCH3 is 1. The highest BCUT2D eigenvalue weighted by molar-refractivity contribution is 7.49. The number of hydrogen-bond donors (Lipinski definition) is 0. The molecule has 0 saturated heterocycles. The van der Waals surface area contributed by atoms with E-state index in [0.717, 1.165) is 4.68 Å². The molecule has 0 aromatic carbocycles. The lowest BCUT2D eigenvalue weighted by Crippen LogP contribution is -2.22. The second-order valence-electron chi connectivity index (χ2n) is 4.82. The van der Waals surface area contributed by atoms with Crippen molar-refractivity contribution in [3.63, 3.8) is 0 Å². The summed E-state index contributed by atoms with van der Waals surface area (Å²) in [5.74, 6) is -0.210. The molecule has 21 heavy (non-hydrogen) atoms. The van der Waals surface area contributed by atoms with E-state index in [2.05, 4.69) is 5.10 Å². The first-order valence-corrected chi connectivity index (χ1v) is 7.91. The molecular formula is C12H21N2O6P. The topological polar surface area (TPSA) is 88.9 Å². The van der Waals surface area contributed by atoms with Crippen LogP contribution in [0, 0.1) is 0 Å². The summed E-state index contributed by atoms with van der Waals surface area (Å²) in [6.07, 6.45) is 0.445. The van der Waals surface area contributed by atoms with Gasteiger partial charge in [0.25, 0.3) is 0 Å². The van der Waals surface area contributed by atoms with Crippen molar-refractivity contribution in [1.82, 2.24) is 9.78 Å². The highest BCUT2D eigenvalue weighted by Gasteiger charge is 2.33. The summed E-state index contributed by atoms with van der Waals surface area (Å²) in [6, 6.07) is 0. The van der Waals surface area contributed by atoms with Crippen LogP contribution < -0.4 is 14.8 Å². The number of aryl methyl sites for hydroxylation is 1. The van der Waals surface area contributed by atoms with Gasteiger partial charge in [0.2, 0.25) is 5.75 Å². The Hall–Kier alpha value is -1.37. The summed E-state index contributed by atoms with van der Waals surface area (Å²) in [6.45, 7) is 6.77. The van der Waals surface area contributed by atoms with Crippen LogP contribution in [0.5, 0.6) is 11.5 Å². The summed E-state index contributed by atoms with van der Waals surface area (Å²) in [7, 11) is -1.13. The van der Waals surface area contributed by atoms with Gasteiger partial charge in [-0.3, -0.25) is 13.8 Å². The smallest absolute Gasteiger partial charge is 0.488 e. The van der Waals surface area contributed by atoms with Gasteiger partial charge < -0.3 is 9.26 Å². The number of phosphoric ester groups is 1. The van der Waals surface area contributed by atoms with Gasteiger partial charge in [0.05, 0.1) is 25.5 Å². The molecule has 0 atom stereocenters. The first-order chi connectivity index (χ1) is 9.68. The van der Waals surface area contributed by atoms with E-state index >= 15 is 0 Å². The number of ether oxygens (including phenoxy) is 1. The van der Waals surface area contributed by atoms with Crippen LogP contribution in [0.15, 0.2) is 11.0 Å². The van der Waals surface area contributed by atoms with Gasteiger partial charge in [-0.15, -0.1) is 0 Å². The third-order valence-corrected chi connectivity index (χ3v) is 3.93. The van der Waals surface area contributed by atoms with Crippen LogP contribution in [-0.4, -0.2) is 29.1 Å². The second kappa shape index (κ2) is 7.06. The molecule has 0 bridgehead atoms. The molecule has 0 radical (unpaired) electrons. The second-order valence-corrected chi connectivity index (χ2v) is 6.32. The molecule has 0 fully saturated rings. The minimum Gasteiger partial charge on any atom is -0.488 e. The van der Waals surface area contributed by atoms with Crippen molar-refractivity contribution in [1.29, 1.82) is 0 Å². The van der Waals surface area contributed by atoms with Gasteiger partial charge in [-0.05, 0) is 27.7 Å². The maximum Gasteiger partial charge on any atom is 0.530 e. The number of nitrogens with zero attached hydrogens (tertiary/aromatic N) is 2. The Balaban J connectivity index is 3.18. The fourth-order valence-electron chi connectivity index (χ4n) is 1.46. The molecule has 0 amide bonds. The molecule has 120 valence electrons. The SMILES string of the molecule is COc1c(OP(=O)(OC(C)C)OC(C)C)cnn(C)c1=O. The quantitative estimate of drug-likeness (QED) is 0.711. The Morgan fingerprint density at radius 2 is 1.71 bits per heavy atom. The predicted molar refractivity (Wildman–Crippen MR) is 76.7 cm³/mol. The van der Waals surface area contributed by atoms with Crippen LogP contribution in [0.25, 0.3) is 0 Å². The molecule has 8 nitrogen and oxygen atoms in total. The van der Waals surface area contributed by atoms with Gasteiger partial charge in [-0.25, -0.2) is 9.25 Å². The van der Waals surface area contributed by atoms with E-state index in [4.69, 9.17) is 18.3 Å². The molecule has 0 saturated carbocycles. The van der Waals surface area contributed by atoms with Crippen molar-refractivity contribution >= 4 is 7.82 Å². The van der Waals surface area contributed by atoms with E-state index in [-0.39, 0.29) is 23.7 Å². The Kier molecular flexibility index (Phi) is 5.95. The summed E-state index contributed by atoms with van der Waals surface area (Å²) >= 11 is 0. The average Bonchev–Trinajstić information content (AvgIpc) is 2.32. The van der Waals surface area contributed by atoms with Crippen molar-refractivity contribution in [2.24, 2.45) is 7.05 Å². The van der Waals surface area contributed by atoms with Crippen LogP contribution in [0.2, 0.25) is 0 Å². The predicted octanol–water partition coefficient (Wildman–Crippen LogP) is 2.13. The number of rotatable bonds is 7. The van der Waals surface area contributed by atoms with Crippen LogP contribution in [0.1, 0.15) is 27.7 Å². The number of aromatic nitrogens is 2. The lowest BCUT2D eigenvalue weighted by atomic mass is 10.5. The molecule has 1 aromatic rings. The highest BCUT2D eigenvalue weighted by atomic mass is 31.2. The molecule has 0 aliphatic carbocycles. The third kappa shape index (κ3) is 4.84. The zero-order valence-corrected chi connectivity index (χ0v) is 13.9. The van der Waals surface area contributed by atoms with E-state index in [1.807, 2.05) is 0 Å². The van der Waals surface area contributed by atoms with Crippen molar-refractivity contribution in [2.45, 2.75) is 39.9 Å². The fourth-order valence-corrected chi connectivity index (χ4v) is 3.00. The zero-order chi connectivity index (χ0) is 16.2. The van der Waals surface area contributed by atoms with Gasteiger partial charge in [-0.2, -0.15) is 5.10 Å². The van der Waals surface area contributed by atoms with Crippen LogP contribution >= 0.6 is 7.82 Å². The standard InChI is InChI=1S/C12H21N2O6P/c1-8(2)18-21(16,19-9(3)4)20-10-7-13-14(5)12(15)11(10)17-6/h7-9H,1-6H3. The maximum atomic E-state index is 12.6. The summed E-state index contributed by atoms with van der Waals surface area (Å²) in [5, 5.41) is 3.80. The van der Waals surface area contributed by atoms with Gasteiger partial charge >= 0.3 is 13.4 Å². The fraction of sp³-hybridized carbons (Fsp3) is 0.667. The lowest BCUT2D eigenvalue weighted by molar-refractivity contribution is 0.102. The number of phosphoric acid groups is 1. The molecule has 1 heterocycles. The molecule has 1 aromatic heterocycles. The summed E-state index contributed by atoms with van der Waals surface area (Å²) in [5.41, 5.74) is -0.518. The molecule has 0 unspecified atom stereocenters. The minimum absolute atomic E-state index is 0.0924. The van der Waals surface area contributed by atoms with E-state index < -0.39 is 13.4 Å². The van der Waals surface area contributed by atoms with Crippen molar-refractivity contribution in [2.75, 3.05) is 7.11 Å². The molecule has 0 aliphatic heterocycles. The third-order valence-electron chi connectivity index (χ3n) is 2.15. The highest BCUT2D eigenvalue weighted by Crippen LogP contribution is 2.52. The van der Waals surface area contributed by atoms with Gasteiger partial charge in [0, 0.05) is 7.05 Å². The molecule has 9 heteroatoms. The largest absolute Gasteiger partial charge is 0.530 e. The lowest BCUT2D eigenvalue weighted by Gasteiger charge is -2.22. The monoisotopic (exact) mass is 320 g/mol. The molecule has 0 spiro atoms. The zero-order valence-electron chi connectivity index (χ0n) is 13.0. The number of hydrogen-bond acceptors (Lipinski definition) is 7. The van der Waals surface area contributed by atoms with Crippen LogP contribution in [0.4, 0.5) is 0 Å². The Morgan fingerprint density at radius 3 is 2.14 bits per heavy atom. The normalized spacial score (nSPS) is 12.0. The van der Waals surface area contributed by atoms with Gasteiger partial charge in [0.1, 0.15) is 0 Å². The van der Waals surface area contributed by atoms with E-state index in [9.17, 15) is 9.36 Å². The van der Waals surface area contributed by atoms with Crippen LogP contribution in [0.3, 0.4) is 0 Å². The maximum absolute atomic E-state index is 12.6. The minimum atomic E-state index is -3.90. The molecule has 1 rings (SSSR count). The van der Waals surface area contributed by atoms with Crippen molar-refractivity contribution in [3.8, 4) is 11.5 Å². The van der Waals surface area contributed by atoms with E-state index in [0.29, 0.717) is 0 Å². The molecule has 0 aliphatic rings. The van der Waals surface area contributed by atoms with Gasteiger partial charge in [0.15, 0.2) is 5.75 Å². The van der Waals surface area contributed by atoms with Crippen LogP contribution in [-0.2, 0) is 20.7 Å².